The number of imide groups is 1. The molecule has 2 amide bonds. The van der Waals surface area contributed by atoms with Crippen LogP contribution in [0, 0.1) is 10.1 Å². The fraction of sp³-hybridized carbons (Fsp3) is 0.280. The van der Waals surface area contributed by atoms with Gasteiger partial charge in [-0.2, -0.15) is 0 Å². The van der Waals surface area contributed by atoms with E-state index in [-0.39, 0.29) is 23.4 Å². The second-order valence-corrected chi connectivity index (χ2v) is 8.59. The largest absolute Gasteiger partial charge is 0.493 e. The molecule has 184 valence electrons. The molecule has 0 aliphatic carbocycles. The number of nitrogens with zero attached hydrogens (tertiary/aromatic N) is 2. The third kappa shape index (κ3) is 6.49. The van der Waals surface area contributed by atoms with E-state index in [1.165, 1.54) is 24.1 Å². The zero-order valence-electron chi connectivity index (χ0n) is 19.5. The Balaban J connectivity index is 1.84. The molecule has 0 spiro atoms. The summed E-state index contributed by atoms with van der Waals surface area (Å²) in [6.07, 6.45) is 4.43. The molecule has 0 N–H and O–H groups in total. The molecule has 1 aliphatic heterocycles. The average molecular weight is 499 g/mol. The van der Waals surface area contributed by atoms with E-state index in [0.29, 0.717) is 48.0 Å². The van der Waals surface area contributed by atoms with Gasteiger partial charge in [-0.1, -0.05) is 6.08 Å². The number of amides is 2. The van der Waals surface area contributed by atoms with Crippen LogP contribution in [0.25, 0.3) is 6.08 Å². The summed E-state index contributed by atoms with van der Waals surface area (Å²) in [5, 5.41) is 10.6. The highest BCUT2D eigenvalue weighted by Crippen LogP contribution is 2.37. The minimum Gasteiger partial charge on any atom is -0.493 e. The van der Waals surface area contributed by atoms with E-state index in [1.807, 2.05) is 6.07 Å². The predicted octanol–water partition coefficient (Wildman–Crippen LogP) is 4.98. The number of allylic oxidation sites excluding steroid dienone is 1. The van der Waals surface area contributed by atoms with Gasteiger partial charge in [-0.3, -0.25) is 24.6 Å². The highest BCUT2D eigenvalue weighted by Gasteiger charge is 2.34. The van der Waals surface area contributed by atoms with Crippen LogP contribution in [0.15, 0.2) is 54.0 Å². The second-order valence-electron chi connectivity index (χ2n) is 7.60. The first-order valence-electron chi connectivity index (χ1n) is 10.8. The van der Waals surface area contributed by atoms with Crippen LogP contribution < -0.4 is 9.47 Å². The van der Waals surface area contributed by atoms with Gasteiger partial charge in [-0.05, 0) is 66.1 Å². The molecule has 10 heteroatoms. The maximum absolute atomic E-state index is 12.7. The van der Waals surface area contributed by atoms with E-state index in [2.05, 4.69) is 6.58 Å². The van der Waals surface area contributed by atoms with E-state index in [0.717, 1.165) is 22.9 Å². The van der Waals surface area contributed by atoms with Crippen molar-refractivity contribution in [2.45, 2.75) is 19.4 Å². The summed E-state index contributed by atoms with van der Waals surface area (Å²) < 4.78 is 16.6. The number of ether oxygens (including phenoxy) is 3. The number of carbonyl (C=O) groups excluding carboxylic acids is 2. The first kappa shape index (κ1) is 26.0. The molecule has 1 saturated heterocycles. The molecule has 1 heterocycles. The summed E-state index contributed by atoms with van der Waals surface area (Å²) in [4.78, 5) is 37.0. The quantitative estimate of drug-likeness (QED) is 0.132. The van der Waals surface area contributed by atoms with Gasteiger partial charge in [-0.15, -0.1) is 6.58 Å². The second kappa shape index (κ2) is 12.2. The Kier molecular flexibility index (Phi) is 9.04. The Bertz CT molecular complexity index is 1150. The zero-order chi connectivity index (χ0) is 25.4. The van der Waals surface area contributed by atoms with Crippen LogP contribution in [-0.4, -0.2) is 48.3 Å². The monoisotopic (exact) mass is 498 g/mol. The van der Waals surface area contributed by atoms with E-state index >= 15 is 0 Å². The summed E-state index contributed by atoms with van der Waals surface area (Å²) in [5.74, 6) is 0.631. The minimum absolute atomic E-state index is 0.00569. The van der Waals surface area contributed by atoms with Crippen LogP contribution in [0.4, 0.5) is 10.5 Å². The number of non-ortho nitro benzene ring substituents is 1. The molecule has 2 aromatic rings. The lowest BCUT2D eigenvalue weighted by Crippen LogP contribution is -2.29. The molecule has 35 heavy (non-hydrogen) atoms. The van der Waals surface area contributed by atoms with Crippen molar-refractivity contribution in [1.82, 2.24) is 4.90 Å². The molecule has 2 aromatic carbocycles. The van der Waals surface area contributed by atoms with E-state index in [1.54, 1.807) is 37.5 Å². The molecule has 0 bridgehead atoms. The van der Waals surface area contributed by atoms with Crippen LogP contribution in [0.1, 0.15) is 23.1 Å². The number of hydrogen-bond donors (Lipinski definition) is 0. The van der Waals surface area contributed by atoms with Gasteiger partial charge in [0.1, 0.15) is 6.61 Å². The van der Waals surface area contributed by atoms with E-state index < -0.39 is 4.92 Å². The summed E-state index contributed by atoms with van der Waals surface area (Å²) >= 11 is 0.900. The lowest BCUT2D eigenvalue weighted by molar-refractivity contribution is -0.384. The third-order valence-electron chi connectivity index (χ3n) is 5.17. The zero-order valence-corrected chi connectivity index (χ0v) is 20.3. The van der Waals surface area contributed by atoms with Crippen LogP contribution in [0.3, 0.4) is 0 Å². The fourth-order valence-corrected chi connectivity index (χ4v) is 4.34. The molecule has 0 atom stereocenters. The van der Waals surface area contributed by atoms with Crippen molar-refractivity contribution >= 4 is 34.7 Å². The lowest BCUT2D eigenvalue weighted by atomic mass is 10.0. The van der Waals surface area contributed by atoms with Crippen LogP contribution in [-0.2, 0) is 22.6 Å². The van der Waals surface area contributed by atoms with Gasteiger partial charge in [0.2, 0.25) is 0 Å². The highest BCUT2D eigenvalue weighted by molar-refractivity contribution is 8.18. The standard InChI is InChI=1S/C25H26N2O7S/c1-4-6-19-13-18(15-22-24(28)26(25(29)35-22)11-5-12-32-2)14-21(33-3)23(19)34-16-17-7-9-20(10-8-17)27(30)31/h4,7-10,13-15H,1,5-6,11-12,16H2,2-3H3/b22-15+. The smallest absolute Gasteiger partial charge is 0.293 e. The van der Waals surface area contributed by atoms with Gasteiger partial charge in [0.05, 0.1) is 16.9 Å². The van der Waals surface area contributed by atoms with Crippen molar-refractivity contribution in [3.8, 4) is 11.5 Å². The third-order valence-corrected chi connectivity index (χ3v) is 6.08. The Labute approximate surface area is 207 Å². The summed E-state index contributed by atoms with van der Waals surface area (Å²) in [6.45, 7) is 4.75. The summed E-state index contributed by atoms with van der Waals surface area (Å²) in [6, 6.07) is 9.70. The van der Waals surface area contributed by atoms with Crippen molar-refractivity contribution in [3.63, 3.8) is 0 Å². The predicted molar refractivity (Wildman–Crippen MR) is 133 cm³/mol. The number of nitro groups is 1. The molecule has 1 aliphatic rings. The first-order chi connectivity index (χ1) is 16.9. The molecule has 1 fully saturated rings. The van der Waals surface area contributed by atoms with Crippen LogP contribution >= 0.6 is 11.8 Å². The van der Waals surface area contributed by atoms with Crippen molar-refractivity contribution < 1.29 is 28.7 Å². The van der Waals surface area contributed by atoms with Gasteiger partial charge in [-0.25, -0.2) is 0 Å². The van der Waals surface area contributed by atoms with Gasteiger partial charge < -0.3 is 14.2 Å². The Morgan fingerprint density at radius 1 is 1.17 bits per heavy atom. The molecule has 9 nitrogen and oxygen atoms in total. The number of benzene rings is 2. The number of nitro benzene ring substituents is 1. The van der Waals surface area contributed by atoms with E-state index in [9.17, 15) is 19.7 Å². The van der Waals surface area contributed by atoms with Crippen molar-refractivity contribution in [1.29, 1.82) is 0 Å². The molecule has 0 radical (unpaired) electrons. The maximum Gasteiger partial charge on any atom is 0.293 e. The highest BCUT2D eigenvalue weighted by atomic mass is 32.2. The molecule has 0 unspecified atom stereocenters. The molecule has 0 aromatic heterocycles. The molecular weight excluding hydrogens is 472 g/mol. The van der Waals surface area contributed by atoms with Crippen molar-refractivity contribution in [2.24, 2.45) is 0 Å². The number of rotatable bonds is 12. The van der Waals surface area contributed by atoms with E-state index in [4.69, 9.17) is 14.2 Å². The SMILES string of the molecule is C=CCc1cc(/C=C2/SC(=O)N(CCCOC)C2=O)cc(OC)c1OCc1ccc([N+](=O)[O-])cc1. The number of thioether (sulfide) groups is 1. The topological polar surface area (TPSA) is 108 Å². The minimum atomic E-state index is -0.455. The Hall–Kier alpha value is -3.63. The molecule has 0 saturated carbocycles. The van der Waals surface area contributed by atoms with Gasteiger partial charge in [0.15, 0.2) is 11.5 Å². The van der Waals surface area contributed by atoms with Gasteiger partial charge in [0, 0.05) is 38.0 Å². The number of methoxy groups -OCH3 is 2. The molecule has 3 rings (SSSR count). The van der Waals surface area contributed by atoms with Gasteiger partial charge in [0.25, 0.3) is 16.8 Å². The maximum atomic E-state index is 12.7. The normalized spacial score (nSPS) is 14.5. The lowest BCUT2D eigenvalue weighted by Gasteiger charge is -2.16. The first-order valence-corrected chi connectivity index (χ1v) is 11.6. The Morgan fingerprint density at radius 3 is 2.54 bits per heavy atom. The number of carbonyl (C=O) groups is 2. The molecular formula is C25H26N2O7S. The van der Waals surface area contributed by atoms with Crippen molar-refractivity contribution in [2.75, 3.05) is 27.4 Å². The number of hydrogen-bond acceptors (Lipinski definition) is 8. The van der Waals surface area contributed by atoms with Crippen LogP contribution in [0.2, 0.25) is 0 Å². The van der Waals surface area contributed by atoms with Gasteiger partial charge >= 0.3 is 0 Å². The Morgan fingerprint density at radius 2 is 1.91 bits per heavy atom. The average Bonchev–Trinajstić information content (AvgIpc) is 3.11. The summed E-state index contributed by atoms with van der Waals surface area (Å²) in [5.41, 5.74) is 2.23. The summed E-state index contributed by atoms with van der Waals surface area (Å²) in [7, 11) is 3.08. The van der Waals surface area contributed by atoms with Crippen LogP contribution in [0.5, 0.6) is 11.5 Å². The van der Waals surface area contributed by atoms with Crippen molar-refractivity contribution in [3.05, 3.63) is 80.8 Å². The fourth-order valence-electron chi connectivity index (χ4n) is 3.47.